The zero-order valence-corrected chi connectivity index (χ0v) is 16.3. The number of rotatable bonds is 6. The molecule has 0 saturated heterocycles. The van der Waals surface area contributed by atoms with Gasteiger partial charge in [-0.05, 0) is 61.3 Å². The van der Waals surface area contributed by atoms with Gasteiger partial charge in [0.15, 0.2) is 0 Å². The first-order valence-corrected chi connectivity index (χ1v) is 10.4. The summed E-state index contributed by atoms with van der Waals surface area (Å²) < 4.78 is 0. The molecule has 2 aliphatic carbocycles. The minimum Gasteiger partial charge on any atom is -0.358 e. The van der Waals surface area contributed by atoms with E-state index in [1.165, 1.54) is 19.3 Å². The van der Waals surface area contributed by atoms with Crippen molar-refractivity contribution in [2.24, 2.45) is 17.6 Å². The second kappa shape index (κ2) is 8.74. The Morgan fingerprint density at radius 3 is 2.54 bits per heavy atom. The van der Waals surface area contributed by atoms with Gasteiger partial charge in [0, 0.05) is 36.7 Å². The van der Waals surface area contributed by atoms with Crippen LogP contribution in [0.3, 0.4) is 0 Å². The van der Waals surface area contributed by atoms with Crippen LogP contribution in [-0.4, -0.2) is 29.5 Å². The van der Waals surface area contributed by atoms with Crippen LogP contribution in [0.15, 0.2) is 54.9 Å². The molecule has 5 heteroatoms. The Balaban J connectivity index is 1.45. The minimum absolute atomic E-state index is 0.102. The number of carbonyl (C=O) groups excluding carboxylic acids is 1. The van der Waals surface area contributed by atoms with E-state index in [-0.39, 0.29) is 11.9 Å². The van der Waals surface area contributed by atoms with Crippen molar-refractivity contribution in [1.82, 2.24) is 10.3 Å². The average molecular weight is 379 g/mol. The smallest absolute Gasteiger partial charge is 0.239 e. The fraction of sp³-hybridized carbons (Fsp3) is 0.478. The van der Waals surface area contributed by atoms with Crippen LogP contribution >= 0.6 is 0 Å². The maximum Gasteiger partial charge on any atom is 0.239 e. The molecule has 2 bridgehead atoms. The molecule has 2 unspecified atom stereocenters. The molecule has 1 aromatic heterocycles. The van der Waals surface area contributed by atoms with E-state index in [0.717, 1.165) is 24.1 Å². The third-order valence-corrected chi connectivity index (χ3v) is 6.26. The fourth-order valence-corrected chi connectivity index (χ4v) is 5.02. The van der Waals surface area contributed by atoms with Gasteiger partial charge in [-0.2, -0.15) is 0 Å². The number of anilines is 1. The van der Waals surface area contributed by atoms with Crippen LogP contribution in [0, 0.1) is 11.8 Å². The summed E-state index contributed by atoms with van der Waals surface area (Å²) in [5.74, 6) is 1.18. The van der Waals surface area contributed by atoms with Crippen LogP contribution < -0.4 is 16.0 Å². The molecule has 2 aliphatic rings. The lowest BCUT2D eigenvalue weighted by Crippen LogP contribution is -2.55. The van der Waals surface area contributed by atoms with Crippen molar-refractivity contribution in [2.75, 3.05) is 11.4 Å². The first-order chi connectivity index (χ1) is 13.7. The number of nitrogens with one attached hydrogen (secondary N) is 1. The molecule has 28 heavy (non-hydrogen) atoms. The Hall–Kier alpha value is -2.40. The molecule has 0 radical (unpaired) electrons. The molecule has 148 valence electrons. The topological polar surface area (TPSA) is 71.2 Å². The summed E-state index contributed by atoms with van der Waals surface area (Å²) in [7, 11) is 0. The molecule has 5 nitrogen and oxygen atoms in total. The van der Waals surface area contributed by atoms with Gasteiger partial charge in [0.2, 0.25) is 5.91 Å². The lowest BCUT2D eigenvalue weighted by atomic mass is 9.67. The predicted octanol–water partition coefficient (Wildman–Crippen LogP) is 3.11. The molecule has 1 aromatic carbocycles. The molecule has 3 N–H and O–H groups in total. The molecule has 1 amide bonds. The highest BCUT2D eigenvalue weighted by Gasteiger charge is 2.39. The predicted molar refractivity (Wildman–Crippen MR) is 112 cm³/mol. The van der Waals surface area contributed by atoms with Crippen molar-refractivity contribution in [2.45, 2.75) is 50.7 Å². The van der Waals surface area contributed by atoms with Crippen LogP contribution in [0.25, 0.3) is 0 Å². The van der Waals surface area contributed by atoms with Crippen molar-refractivity contribution in [3.63, 3.8) is 0 Å². The molecule has 2 atom stereocenters. The van der Waals surface area contributed by atoms with E-state index < -0.39 is 0 Å². The lowest BCUT2D eigenvalue weighted by molar-refractivity contribution is -0.122. The number of benzene rings is 1. The fourth-order valence-electron chi connectivity index (χ4n) is 5.02. The van der Waals surface area contributed by atoms with E-state index in [2.05, 4.69) is 27.3 Å². The SMILES string of the molecule is NC1CC2CCCC(C1)C2NC(=O)CN(Cc1cccnc1)c1ccccc1. The number of amides is 1. The second-order valence-electron chi connectivity index (χ2n) is 8.33. The molecule has 2 aromatic rings. The quantitative estimate of drug-likeness (QED) is 0.810. The number of carbonyl (C=O) groups is 1. The molecule has 1 heterocycles. The van der Waals surface area contributed by atoms with Gasteiger partial charge in [-0.1, -0.05) is 30.7 Å². The van der Waals surface area contributed by atoms with Gasteiger partial charge < -0.3 is 16.0 Å². The Kier molecular flexibility index (Phi) is 5.91. The number of fused-ring (bicyclic) bond motifs is 2. The van der Waals surface area contributed by atoms with Gasteiger partial charge >= 0.3 is 0 Å². The number of pyridine rings is 1. The van der Waals surface area contributed by atoms with Gasteiger partial charge in [0.05, 0.1) is 6.54 Å². The van der Waals surface area contributed by atoms with Gasteiger partial charge in [-0.25, -0.2) is 0 Å². The van der Waals surface area contributed by atoms with Crippen molar-refractivity contribution in [3.05, 3.63) is 60.4 Å². The van der Waals surface area contributed by atoms with Crippen LogP contribution in [0.1, 0.15) is 37.7 Å². The van der Waals surface area contributed by atoms with Crippen LogP contribution in [-0.2, 0) is 11.3 Å². The van der Waals surface area contributed by atoms with Crippen molar-refractivity contribution >= 4 is 11.6 Å². The zero-order valence-electron chi connectivity index (χ0n) is 16.3. The Morgan fingerprint density at radius 1 is 1.11 bits per heavy atom. The van der Waals surface area contributed by atoms with Gasteiger partial charge in [-0.15, -0.1) is 0 Å². The van der Waals surface area contributed by atoms with E-state index in [1.807, 2.05) is 36.5 Å². The molecular formula is C23H30N4O. The number of para-hydroxylation sites is 1. The third kappa shape index (κ3) is 4.53. The maximum atomic E-state index is 13.0. The highest BCUT2D eigenvalue weighted by molar-refractivity contribution is 5.81. The van der Waals surface area contributed by atoms with Crippen LogP contribution in [0.4, 0.5) is 5.69 Å². The van der Waals surface area contributed by atoms with Crippen molar-refractivity contribution in [1.29, 1.82) is 0 Å². The average Bonchev–Trinajstić information content (AvgIpc) is 2.70. The highest BCUT2D eigenvalue weighted by atomic mass is 16.2. The van der Waals surface area contributed by atoms with E-state index in [9.17, 15) is 4.79 Å². The summed E-state index contributed by atoms with van der Waals surface area (Å²) in [6.45, 7) is 1.01. The zero-order chi connectivity index (χ0) is 19.3. The summed E-state index contributed by atoms with van der Waals surface area (Å²) in [4.78, 5) is 19.3. The number of nitrogens with zero attached hydrogens (tertiary/aromatic N) is 2. The standard InChI is InChI=1S/C23H30N4O/c24-20-12-18-7-4-8-19(13-20)23(18)26-22(28)16-27(21-9-2-1-3-10-21)15-17-6-5-11-25-14-17/h1-3,5-6,9-11,14,18-20,23H,4,7-8,12-13,15-16,24H2,(H,26,28). The first kappa shape index (κ1) is 18.9. The minimum atomic E-state index is 0.102. The van der Waals surface area contributed by atoms with Gasteiger partial charge in [-0.3, -0.25) is 9.78 Å². The first-order valence-electron chi connectivity index (χ1n) is 10.4. The normalized spacial score (nSPS) is 26.5. The Labute approximate surface area is 167 Å². The summed E-state index contributed by atoms with van der Waals surface area (Å²) in [5.41, 5.74) is 8.38. The van der Waals surface area contributed by atoms with E-state index >= 15 is 0 Å². The molecule has 2 saturated carbocycles. The number of hydrogen-bond donors (Lipinski definition) is 2. The molecule has 0 spiro atoms. The van der Waals surface area contributed by atoms with E-state index in [1.54, 1.807) is 6.20 Å². The monoisotopic (exact) mass is 378 g/mol. The highest BCUT2D eigenvalue weighted by Crippen LogP contribution is 2.39. The van der Waals surface area contributed by atoms with Crippen molar-refractivity contribution < 1.29 is 4.79 Å². The number of nitrogens with two attached hydrogens (primary N) is 1. The second-order valence-corrected chi connectivity index (χ2v) is 8.33. The van der Waals surface area contributed by atoms with Crippen LogP contribution in [0.5, 0.6) is 0 Å². The van der Waals surface area contributed by atoms with Gasteiger partial charge in [0.1, 0.15) is 0 Å². The molecule has 0 aliphatic heterocycles. The molecular weight excluding hydrogens is 348 g/mol. The van der Waals surface area contributed by atoms with Crippen LogP contribution in [0.2, 0.25) is 0 Å². The summed E-state index contributed by atoms with van der Waals surface area (Å²) in [6.07, 6.45) is 9.36. The largest absolute Gasteiger partial charge is 0.358 e. The van der Waals surface area contributed by atoms with E-state index in [0.29, 0.717) is 31.0 Å². The summed E-state index contributed by atoms with van der Waals surface area (Å²) >= 11 is 0. The number of aromatic nitrogens is 1. The lowest BCUT2D eigenvalue weighted by Gasteiger charge is -2.45. The van der Waals surface area contributed by atoms with E-state index in [4.69, 9.17) is 5.73 Å². The maximum absolute atomic E-state index is 13.0. The number of hydrogen-bond acceptors (Lipinski definition) is 4. The Morgan fingerprint density at radius 2 is 1.86 bits per heavy atom. The summed E-state index contributed by atoms with van der Waals surface area (Å²) in [5, 5.41) is 3.38. The molecule has 4 rings (SSSR count). The summed E-state index contributed by atoms with van der Waals surface area (Å²) in [6, 6.07) is 14.7. The van der Waals surface area contributed by atoms with Crippen molar-refractivity contribution in [3.8, 4) is 0 Å². The Bertz CT molecular complexity index is 753. The molecule has 2 fully saturated rings. The van der Waals surface area contributed by atoms with Gasteiger partial charge in [0.25, 0.3) is 0 Å². The third-order valence-electron chi connectivity index (χ3n) is 6.26.